The van der Waals surface area contributed by atoms with Crippen molar-refractivity contribution in [3.63, 3.8) is 0 Å². The van der Waals surface area contributed by atoms with Gasteiger partial charge in [0, 0.05) is 30.6 Å². The Labute approximate surface area is 209 Å². The van der Waals surface area contributed by atoms with Gasteiger partial charge in [0.05, 0.1) is 24.4 Å². The summed E-state index contributed by atoms with van der Waals surface area (Å²) in [5.74, 6) is -0.305. The highest BCUT2D eigenvalue weighted by molar-refractivity contribution is 7.97. The fraction of sp³-hybridized carbons (Fsp3) is 0.385. The SMILES string of the molecule is COC(=O)c1ccc2c(c1)CCC[C@H]2n1cc(C[C@@H]2C(=O)NCCN2Sc2ccc(C)cc2)nn1. The molecule has 2 atom stereocenters. The van der Waals surface area contributed by atoms with Crippen LogP contribution in [0.5, 0.6) is 0 Å². The Hall–Kier alpha value is -3.17. The van der Waals surface area contributed by atoms with E-state index in [-0.39, 0.29) is 24.0 Å². The summed E-state index contributed by atoms with van der Waals surface area (Å²) in [6.07, 6.45) is 5.33. The first-order valence-corrected chi connectivity index (χ1v) is 12.7. The van der Waals surface area contributed by atoms with Crippen LogP contribution in [0, 0.1) is 6.92 Å². The van der Waals surface area contributed by atoms with Gasteiger partial charge >= 0.3 is 5.97 Å². The number of fused-ring (bicyclic) bond motifs is 1. The second kappa shape index (κ2) is 10.2. The minimum atomic E-state index is -0.322. The van der Waals surface area contributed by atoms with Crippen LogP contribution in [0.1, 0.15) is 51.6 Å². The first-order chi connectivity index (χ1) is 17.0. The van der Waals surface area contributed by atoms with E-state index in [1.54, 1.807) is 11.9 Å². The summed E-state index contributed by atoms with van der Waals surface area (Å²) in [7, 11) is 1.40. The van der Waals surface area contributed by atoms with Gasteiger partial charge < -0.3 is 10.1 Å². The van der Waals surface area contributed by atoms with Crippen molar-refractivity contribution in [2.24, 2.45) is 0 Å². The zero-order valence-corrected chi connectivity index (χ0v) is 20.8. The largest absolute Gasteiger partial charge is 0.465 e. The Kier molecular flexibility index (Phi) is 6.88. The summed E-state index contributed by atoms with van der Waals surface area (Å²) in [5, 5.41) is 11.9. The Morgan fingerprint density at radius 1 is 1.23 bits per heavy atom. The van der Waals surface area contributed by atoms with Crippen molar-refractivity contribution in [3.8, 4) is 0 Å². The van der Waals surface area contributed by atoms with Crippen LogP contribution in [-0.4, -0.2) is 57.4 Å². The quantitative estimate of drug-likeness (QED) is 0.418. The smallest absolute Gasteiger partial charge is 0.337 e. The Morgan fingerprint density at radius 2 is 2.06 bits per heavy atom. The van der Waals surface area contributed by atoms with E-state index in [1.165, 1.54) is 12.7 Å². The number of nitrogens with zero attached hydrogens (tertiary/aromatic N) is 4. The molecule has 5 rings (SSSR count). The lowest BCUT2D eigenvalue weighted by atomic mass is 9.86. The van der Waals surface area contributed by atoms with Gasteiger partial charge in [-0.15, -0.1) is 5.10 Å². The molecule has 0 spiro atoms. The highest BCUT2D eigenvalue weighted by Crippen LogP contribution is 2.33. The molecule has 0 saturated carbocycles. The number of benzene rings is 2. The van der Waals surface area contributed by atoms with Crippen LogP contribution >= 0.6 is 11.9 Å². The molecule has 3 aromatic rings. The van der Waals surface area contributed by atoms with Crippen LogP contribution in [-0.2, 0) is 22.4 Å². The van der Waals surface area contributed by atoms with E-state index >= 15 is 0 Å². The fourth-order valence-corrected chi connectivity index (χ4v) is 5.81. The number of methoxy groups -OCH3 is 1. The number of amides is 1. The van der Waals surface area contributed by atoms with Crippen LogP contribution in [0.4, 0.5) is 0 Å². The topological polar surface area (TPSA) is 89.4 Å². The number of esters is 1. The third-order valence-electron chi connectivity index (χ3n) is 6.65. The maximum absolute atomic E-state index is 12.8. The van der Waals surface area contributed by atoms with Crippen LogP contribution in [0.15, 0.2) is 53.6 Å². The zero-order valence-electron chi connectivity index (χ0n) is 19.9. The Bertz CT molecular complexity index is 1230. The van der Waals surface area contributed by atoms with E-state index in [1.807, 2.05) is 29.1 Å². The minimum Gasteiger partial charge on any atom is -0.465 e. The summed E-state index contributed by atoms with van der Waals surface area (Å²) >= 11 is 1.62. The van der Waals surface area contributed by atoms with E-state index in [4.69, 9.17) is 4.74 Å². The predicted octanol–water partition coefficient (Wildman–Crippen LogP) is 3.35. The first kappa shape index (κ1) is 23.6. The number of rotatable bonds is 6. The highest BCUT2D eigenvalue weighted by atomic mass is 32.2. The molecular weight excluding hydrogens is 462 g/mol. The lowest BCUT2D eigenvalue weighted by Crippen LogP contribution is -2.53. The molecule has 2 heterocycles. The molecule has 8 nitrogen and oxygen atoms in total. The molecule has 182 valence electrons. The van der Waals surface area contributed by atoms with Gasteiger partial charge in [-0.2, -0.15) is 0 Å². The normalized spacial score (nSPS) is 20.2. The minimum absolute atomic E-state index is 0.0174. The average molecular weight is 492 g/mol. The summed E-state index contributed by atoms with van der Waals surface area (Å²) in [6.45, 7) is 3.46. The van der Waals surface area contributed by atoms with Crippen molar-refractivity contribution in [2.45, 2.75) is 49.6 Å². The number of aromatic nitrogens is 3. The third kappa shape index (κ3) is 5.11. The average Bonchev–Trinajstić information content (AvgIpc) is 3.34. The van der Waals surface area contributed by atoms with Gasteiger partial charge in [-0.25, -0.2) is 13.8 Å². The molecule has 1 aliphatic carbocycles. The number of aryl methyl sites for hydroxylation is 2. The van der Waals surface area contributed by atoms with Crippen LogP contribution in [0.2, 0.25) is 0 Å². The third-order valence-corrected chi connectivity index (χ3v) is 7.81. The van der Waals surface area contributed by atoms with E-state index in [0.29, 0.717) is 18.5 Å². The van der Waals surface area contributed by atoms with Gasteiger partial charge in [0.1, 0.15) is 6.04 Å². The molecule has 0 bridgehead atoms. The lowest BCUT2D eigenvalue weighted by molar-refractivity contribution is -0.126. The predicted molar refractivity (Wildman–Crippen MR) is 133 cm³/mol. The summed E-state index contributed by atoms with van der Waals surface area (Å²) in [6, 6.07) is 13.8. The van der Waals surface area contributed by atoms with Crippen molar-refractivity contribution in [1.82, 2.24) is 24.6 Å². The molecule has 2 aliphatic rings. The highest BCUT2D eigenvalue weighted by Gasteiger charge is 2.32. The van der Waals surface area contributed by atoms with Crippen LogP contribution < -0.4 is 5.32 Å². The maximum atomic E-state index is 12.8. The van der Waals surface area contributed by atoms with Crippen molar-refractivity contribution in [1.29, 1.82) is 0 Å². The van der Waals surface area contributed by atoms with Gasteiger partial charge in [0.15, 0.2) is 0 Å². The number of ether oxygens (including phenoxy) is 1. The van der Waals surface area contributed by atoms with Crippen molar-refractivity contribution >= 4 is 23.8 Å². The summed E-state index contributed by atoms with van der Waals surface area (Å²) < 4.78 is 8.92. The number of carbonyl (C=O) groups is 2. The van der Waals surface area contributed by atoms with E-state index in [9.17, 15) is 9.59 Å². The molecule has 9 heteroatoms. The second-order valence-corrected chi connectivity index (χ2v) is 10.2. The van der Waals surface area contributed by atoms with Crippen LogP contribution in [0.25, 0.3) is 0 Å². The van der Waals surface area contributed by atoms with Crippen molar-refractivity contribution < 1.29 is 14.3 Å². The number of carbonyl (C=O) groups excluding carboxylic acids is 2. The Balaban J connectivity index is 1.33. The summed E-state index contributed by atoms with van der Waals surface area (Å²) in [5.41, 5.74) is 4.88. The molecule has 1 amide bonds. The molecule has 1 aromatic heterocycles. The first-order valence-electron chi connectivity index (χ1n) is 11.9. The van der Waals surface area contributed by atoms with E-state index in [0.717, 1.165) is 47.5 Å². The van der Waals surface area contributed by atoms with Gasteiger partial charge in [0.2, 0.25) is 5.91 Å². The summed E-state index contributed by atoms with van der Waals surface area (Å²) in [4.78, 5) is 25.8. The number of piperazine rings is 1. The molecule has 1 saturated heterocycles. The molecule has 35 heavy (non-hydrogen) atoms. The maximum Gasteiger partial charge on any atom is 0.337 e. The molecular formula is C26H29N5O3S. The van der Waals surface area contributed by atoms with E-state index in [2.05, 4.69) is 51.1 Å². The number of hydrogen-bond acceptors (Lipinski definition) is 7. The monoisotopic (exact) mass is 491 g/mol. The second-order valence-electron chi connectivity index (χ2n) is 9.06. The lowest BCUT2D eigenvalue weighted by Gasteiger charge is -2.33. The van der Waals surface area contributed by atoms with E-state index < -0.39 is 0 Å². The van der Waals surface area contributed by atoms with Gasteiger partial charge in [0.25, 0.3) is 0 Å². The molecule has 0 radical (unpaired) electrons. The molecule has 2 aromatic carbocycles. The van der Waals surface area contributed by atoms with Crippen molar-refractivity contribution in [3.05, 3.63) is 76.6 Å². The molecule has 0 unspecified atom stereocenters. The number of hydrogen-bond donors (Lipinski definition) is 1. The fourth-order valence-electron chi connectivity index (χ4n) is 4.80. The Morgan fingerprint density at radius 3 is 2.86 bits per heavy atom. The van der Waals surface area contributed by atoms with Gasteiger partial charge in [-0.3, -0.25) is 4.79 Å². The van der Waals surface area contributed by atoms with Crippen LogP contribution in [0.3, 0.4) is 0 Å². The zero-order chi connectivity index (χ0) is 24.4. The van der Waals surface area contributed by atoms with Crippen molar-refractivity contribution in [2.75, 3.05) is 20.2 Å². The molecule has 1 aliphatic heterocycles. The van der Waals surface area contributed by atoms with Gasteiger partial charge in [-0.1, -0.05) is 29.0 Å². The molecule has 1 N–H and O–H groups in total. The van der Waals surface area contributed by atoms with Gasteiger partial charge in [-0.05, 0) is 73.5 Å². The molecule has 1 fully saturated rings. The standard InChI is InChI=1S/C26H29N5O3S/c1-17-6-9-21(10-7-17)35-31-13-12-27-25(32)24(31)15-20-16-30(29-28-20)23-5-3-4-18-14-19(26(33)34-2)8-11-22(18)23/h6-11,14,16,23-24H,3-5,12-13,15H2,1-2H3,(H,27,32)/t23-,24-/m1/s1. The number of nitrogens with one attached hydrogen (secondary N) is 1.